The molecule has 1 aliphatic heterocycles. The predicted octanol–water partition coefficient (Wildman–Crippen LogP) is 1.48. The van der Waals surface area contributed by atoms with Crippen molar-refractivity contribution in [3.63, 3.8) is 0 Å². The van der Waals surface area contributed by atoms with Crippen molar-refractivity contribution in [2.24, 2.45) is 0 Å². The minimum Gasteiger partial charge on any atom is -0.359 e. The highest BCUT2D eigenvalue weighted by atomic mass is 79.9. The average Bonchev–Trinajstić information content (AvgIpc) is 2.67. The molecule has 1 saturated heterocycles. The highest BCUT2D eigenvalue weighted by Crippen LogP contribution is 2.20. The van der Waals surface area contributed by atoms with Crippen LogP contribution in [0.1, 0.15) is 17.9 Å². The molecule has 2 heterocycles. The summed E-state index contributed by atoms with van der Waals surface area (Å²) in [6, 6.07) is 1.86. The summed E-state index contributed by atoms with van der Waals surface area (Å²) < 4.78 is 5.05. The van der Waals surface area contributed by atoms with E-state index in [4.69, 9.17) is 4.52 Å². The molecule has 1 fully saturated rings. The SMILES string of the molecule is Cc1cc(CN2CCC(Br)C2=O)on1. The second-order valence-corrected chi connectivity index (χ2v) is 4.56. The molecule has 0 bridgehead atoms. The van der Waals surface area contributed by atoms with Crippen molar-refractivity contribution >= 4 is 21.8 Å². The predicted molar refractivity (Wildman–Crippen MR) is 54.0 cm³/mol. The van der Waals surface area contributed by atoms with Gasteiger partial charge in [-0.2, -0.15) is 0 Å². The summed E-state index contributed by atoms with van der Waals surface area (Å²) in [5, 5.41) is 3.78. The molecule has 2 rings (SSSR count). The number of carbonyl (C=O) groups excluding carboxylic acids is 1. The van der Waals surface area contributed by atoms with Crippen molar-refractivity contribution in [3.05, 3.63) is 17.5 Å². The smallest absolute Gasteiger partial charge is 0.236 e. The summed E-state index contributed by atoms with van der Waals surface area (Å²) in [7, 11) is 0. The molecule has 5 heteroatoms. The van der Waals surface area contributed by atoms with Gasteiger partial charge in [-0.15, -0.1) is 0 Å². The van der Waals surface area contributed by atoms with E-state index in [2.05, 4.69) is 21.1 Å². The number of aromatic nitrogens is 1. The molecule has 1 aromatic rings. The van der Waals surface area contributed by atoms with E-state index >= 15 is 0 Å². The summed E-state index contributed by atoms with van der Waals surface area (Å²) >= 11 is 3.33. The number of amides is 1. The topological polar surface area (TPSA) is 46.3 Å². The molecule has 0 radical (unpaired) electrons. The van der Waals surface area contributed by atoms with Crippen LogP contribution >= 0.6 is 15.9 Å². The van der Waals surface area contributed by atoms with E-state index in [0.29, 0.717) is 6.54 Å². The van der Waals surface area contributed by atoms with Crippen LogP contribution in [0, 0.1) is 6.92 Å². The second-order valence-electron chi connectivity index (χ2n) is 3.45. The van der Waals surface area contributed by atoms with E-state index < -0.39 is 0 Å². The Morgan fingerprint density at radius 1 is 1.79 bits per heavy atom. The molecule has 1 unspecified atom stereocenters. The van der Waals surface area contributed by atoms with Crippen LogP contribution in [0.5, 0.6) is 0 Å². The molecular formula is C9H11BrN2O2. The van der Waals surface area contributed by atoms with Gasteiger partial charge in [-0.3, -0.25) is 4.79 Å². The number of hydrogen-bond donors (Lipinski definition) is 0. The van der Waals surface area contributed by atoms with Crippen LogP contribution in [0.2, 0.25) is 0 Å². The zero-order chi connectivity index (χ0) is 10.1. The first-order valence-corrected chi connectivity index (χ1v) is 5.43. The van der Waals surface area contributed by atoms with Gasteiger partial charge in [-0.05, 0) is 13.3 Å². The number of aryl methyl sites for hydroxylation is 1. The summed E-state index contributed by atoms with van der Waals surface area (Å²) in [4.78, 5) is 13.3. The van der Waals surface area contributed by atoms with Crippen molar-refractivity contribution in [2.75, 3.05) is 6.54 Å². The first-order valence-electron chi connectivity index (χ1n) is 4.52. The summed E-state index contributed by atoms with van der Waals surface area (Å²) in [6.45, 7) is 3.18. The third kappa shape index (κ3) is 1.82. The molecular weight excluding hydrogens is 248 g/mol. The van der Waals surface area contributed by atoms with Gasteiger partial charge in [0.25, 0.3) is 0 Å². The van der Waals surface area contributed by atoms with Crippen molar-refractivity contribution in [1.29, 1.82) is 0 Å². The van der Waals surface area contributed by atoms with Crippen molar-refractivity contribution in [3.8, 4) is 0 Å². The zero-order valence-corrected chi connectivity index (χ0v) is 9.45. The fraction of sp³-hybridized carbons (Fsp3) is 0.556. The zero-order valence-electron chi connectivity index (χ0n) is 7.86. The fourth-order valence-corrected chi connectivity index (χ4v) is 2.03. The molecule has 0 saturated carbocycles. The molecule has 1 amide bonds. The maximum atomic E-state index is 11.5. The number of halogens is 1. The molecule has 0 aliphatic carbocycles. The summed E-state index contributed by atoms with van der Waals surface area (Å²) in [6.07, 6.45) is 0.867. The van der Waals surface area contributed by atoms with Crippen molar-refractivity contribution in [1.82, 2.24) is 10.1 Å². The highest BCUT2D eigenvalue weighted by Gasteiger charge is 2.29. The summed E-state index contributed by atoms with van der Waals surface area (Å²) in [5.74, 6) is 0.886. The Hall–Kier alpha value is -0.840. The lowest BCUT2D eigenvalue weighted by molar-refractivity contribution is -0.127. The average molecular weight is 259 g/mol. The van der Waals surface area contributed by atoms with Crippen LogP contribution in [-0.2, 0) is 11.3 Å². The standard InChI is InChI=1S/C9H11BrN2O2/c1-6-4-7(14-11-6)5-12-3-2-8(10)9(12)13/h4,8H,2-3,5H2,1H3. The van der Waals surface area contributed by atoms with Gasteiger partial charge in [0.1, 0.15) is 0 Å². The number of carbonyl (C=O) groups is 1. The van der Waals surface area contributed by atoms with Gasteiger partial charge < -0.3 is 9.42 Å². The van der Waals surface area contributed by atoms with Gasteiger partial charge in [0.2, 0.25) is 5.91 Å². The van der Waals surface area contributed by atoms with Gasteiger partial charge in [-0.25, -0.2) is 0 Å². The third-order valence-corrected chi connectivity index (χ3v) is 3.11. The Morgan fingerprint density at radius 3 is 3.07 bits per heavy atom. The molecule has 4 nitrogen and oxygen atoms in total. The normalized spacial score (nSPS) is 22.0. The van der Waals surface area contributed by atoms with Gasteiger partial charge >= 0.3 is 0 Å². The fourth-order valence-electron chi connectivity index (χ4n) is 1.54. The molecule has 0 aromatic carbocycles. The van der Waals surface area contributed by atoms with E-state index in [0.717, 1.165) is 24.4 Å². The highest BCUT2D eigenvalue weighted by molar-refractivity contribution is 9.10. The monoisotopic (exact) mass is 258 g/mol. The Balaban J connectivity index is 2.02. The van der Waals surface area contributed by atoms with Crippen LogP contribution in [-0.4, -0.2) is 27.3 Å². The Kier molecular flexibility index (Phi) is 2.58. The van der Waals surface area contributed by atoms with E-state index in [-0.39, 0.29) is 10.7 Å². The molecule has 14 heavy (non-hydrogen) atoms. The van der Waals surface area contributed by atoms with Gasteiger partial charge in [0.05, 0.1) is 17.1 Å². The quantitative estimate of drug-likeness (QED) is 0.756. The molecule has 1 aliphatic rings. The number of alkyl halides is 1. The lowest BCUT2D eigenvalue weighted by Crippen LogP contribution is -2.26. The van der Waals surface area contributed by atoms with Crippen LogP contribution in [0.25, 0.3) is 0 Å². The summed E-state index contributed by atoms with van der Waals surface area (Å²) in [5.41, 5.74) is 0.849. The number of hydrogen-bond acceptors (Lipinski definition) is 3. The number of nitrogens with zero attached hydrogens (tertiary/aromatic N) is 2. The Labute approximate surface area is 90.4 Å². The number of rotatable bonds is 2. The first kappa shape index (κ1) is 9.71. The third-order valence-electron chi connectivity index (χ3n) is 2.26. The first-order chi connectivity index (χ1) is 6.66. The van der Waals surface area contributed by atoms with Crippen molar-refractivity contribution in [2.45, 2.75) is 24.7 Å². The van der Waals surface area contributed by atoms with Crippen molar-refractivity contribution < 1.29 is 9.32 Å². The minimum absolute atomic E-state index is 0.0217. The van der Waals surface area contributed by atoms with E-state index in [1.54, 1.807) is 4.90 Å². The molecule has 76 valence electrons. The van der Waals surface area contributed by atoms with Crippen LogP contribution in [0.4, 0.5) is 0 Å². The Bertz CT molecular complexity index is 350. The van der Waals surface area contributed by atoms with Gasteiger partial charge in [-0.1, -0.05) is 21.1 Å². The van der Waals surface area contributed by atoms with E-state index in [9.17, 15) is 4.79 Å². The van der Waals surface area contributed by atoms with Crippen LogP contribution in [0.3, 0.4) is 0 Å². The van der Waals surface area contributed by atoms with Crippen LogP contribution in [0.15, 0.2) is 10.6 Å². The molecule has 1 aromatic heterocycles. The number of likely N-dealkylation sites (tertiary alicyclic amines) is 1. The lowest BCUT2D eigenvalue weighted by Gasteiger charge is -2.12. The molecule has 0 N–H and O–H groups in total. The maximum Gasteiger partial charge on any atom is 0.236 e. The van der Waals surface area contributed by atoms with Gasteiger partial charge in [0, 0.05) is 12.6 Å². The van der Waals surface area contributed by atoms with Gasteiger partial charge in [0.15, 0.2) is 5.76 Å². The van der Waals surface area contributed by atoms with E-state index in [1.807, 2.05) is 13.0 Å². The largest absolute Gasteiger partial charge is 0.359 e. The lowest BCUT2D eigenvalue weighted by atomic mass is 10.3. The second kappa shape index (κ2) is 3.73. The molecule has 0 spiro atoms. The maximum absolute atomic E-state index is 11.5. The van der Waals surface area contributed by atoms with E-state index in [1.165, 1.54) is 0 Å². The molecule has 1 atom stereocenters. The minimum atomic E-state index is -0.0217. The van der Waals surface area contributed by atoms with Crippen LogP contribution < -0.4 is 0 Å². The Morgan fingerprint density at radius 2 is 2.57 bits per heavy atom.